The van der Waals surface area contributed by atoms with Crippen LogP contribution in [-0.2, 0) is 17.5 Å². The maximum absolute atomic E-state index is 13.7. The van der Waals surface area contributed by atoms with Crippen LogP contribution in [0.2, 0.25) is 0 Å². The van der Waals surface area contributed by atoms with Gasteiger partial charge in [0.2, 0.25) is 0 Å². The summed E-state index contributed by atoms with van der Waals surface area (Å²) in [5.74, 6) is -0.269. The molecule has 0 saturated heterocycles. The minimum absolute atomic E-state index is 0.269. The highest BCUT2D eigenvalue weighted by molar-refractivity contribution is 7.08. The molecule has 0 aliphatic carbocycles. The van der Waals surface area contributed by atoms with Gasteiger partial charge < -0.3 is 4.43 Å². The van der Waals surface area contributed by atoms with Gasteiger partial charge in [-0.3, -0.25) is 4.90 Å². The second-order valence-electron chi connectivity index (χ2n) is 9.18. The lowest BCUT2D eigenvalue weighted by atomic mass is 10.1. The van der Waals surface area contributed by atoms with E-state index in [1.54, 1.807) is 0 Å². The molecule has 0 aromatic heterocycles. The fraction of sp³-hybridized carbons (Fsp3) is 0.194. The first-order valence-electron chi connectivity index (χ1n) is 12.5. The van der Waals surface area contributed by atoms with E-state index in [1.807, 2.05) is 36.4 Å². The molecular formula is C31H31NO2Si. The molecule has 1 aliphatic heterocycles. The molecule has 0 fully saturated rings. The summed E-state index contributed by atoms with van der Waals surface area (Å²) in [7, 11) is -3.17. The van der Waals surface area contributed by atoms with Crippen molar-refractivity contribution in [1.82, 2.24) is 4.90 Å². The van der Waals surface area contributed by atoms with Gasteiger partial charge in [-0.25, -0.2) is 4.79 Å². The molecule has 0 spiro atoms. The fourth-order valence-electron chi connectivity index (χ4n) is 5.15. The predicted octanol–water partition coefficient (Wildman–Crippen LogP) is 4.63. The van der Waals surface area contributed by atoms with Crippen LogP contribution in [0, 0.1) is 0 Å². The van der Waals surface area contributed by atoms with Crippen molar-refractivity contribution in [3.8, 4) is 0 Å². The van der Waals surface area contributed by atoms with Gasteiger partial charge in [-0.05, 0) is 51.8 Å². The van der Waals surface area contributed by atoms with Crippen molar-refractivity contribution in [3.63, 3.8) is 0 Å². The second-order valence-corrected chi connectivity index (χ2v) is 12.4. The predicted molar refractivity (Wildman–Crippen MR) is 145 cm³/mol. The zero-order chi connectivity index (χ0) is 24.1. The lowest BCUT2D eigenvalue weighted by molar-refractivity contribution is 0.0732. The quantitative estimate of drug-likeness (QED) is 0.380. The first kappa shape index (κ1) is 23.3. The fourth-order valence-corrected chi connectivity index (χ4v) is 9.35. The first-order valence-corrected chi connectivity index (χ1v) is 14.4. The molecule has 3 nitrogen and oxygen atoms in total. The summed E-state index contributed by atoms with van der Waals surface area (Å²) in [6.07, 6.45) is 2.33. The summed E-state index contributed by atoms with van der Waals surface area (Å²) >= 11 is 0. The van der Waals surface area contributed by atoms with E-state index in [4.69, 9.17) is 4.43 Å². The maximum atomic E-state index is 13.7. The number of carbonyl (C=O) groups excluding carboxylic acids is 1. The van der Waals surface area contributed by atoms with Gasteiger partial charge in [-0.15, -0.1) is 0 Å². The molecule has 0 amide bonds. The zero-order valence-corrected chi connectivity index (χ0v) is 21.2. The third-order valence-corrected chi connectivity index (χ3v) is 11.0. The third kappa shape index (κ3) is 4.60. The van der Waals surface area contributed by atoms with Crippen molar-refractivity contribution in [2.75, 3.05) is 6.54 Å². The van der Waals surface area contributed by atoms with Gasteiger partial charge >= 0.3 is 14.3 Å². The van der Waals surface area contributed by atoms with Crippen LogP contribution in [0.15, 0.2) is 109 Å². The van der Waals surface area contributed by atoms with Crippen LogP contribution < -0.4 is 15.6 Å². The highest BCUT2D eigenvalue weighted by Crippen LogP contribution is 2.22. The van der Waals surface area contributed by atoms with Gasteiger partial charge in [0.05, 0.1) is 5.56 Å². The molecule has 0 saturated carbocycles. The monoisotopic (exact) mass is 477 g/mol. The molecule has 4 heteroatoms. The van der Waals surface area contributed by atoms with Crippen molar-refractivity contribution in [1.29, 1.82) is 0 Å². The van der Waals surface area contributed by atoms with Crippen molar-refractivity contribution in [2.24, 2.45) is 0 Å². The number of carbonyl (C=O) groups is 1. The van der Waals surface area contributed by atoms with Crippen LogP contribution in [0.4, 0.5) is 0 Å². The number of benzene rings is 4. The topological polar surface area (TPSA) is 29.5 Å². The lowest BCUT2D eigenvalue weighted by Crippen LogP contribution is -2.72. The Morgan fingerprint density at radius 1 is 0.743 bits per heavy atom. The number of hydrogen-bond donors (Lipinski definition) is 0. The van der Waals surface area contributed by atoms with Crippen molar-refractivity contribution in [3.05, 3.63) is 126 Å². The molecule has 176 valence electrons. The van der Waals surface area contributed by atoms with Crippen LogP contribution in [-0.4, -0.2) is 25.7 Å². The minimum atomic E-state index is -3.17. The Bertz CT molecular complexity index is 1240. The average molecular weight is 478 g/mol. The van der Waals surface area contributed by atoms with E-state index in [1.165, 1.54) is 11.1 Å². The molecule has 1 aliphatic rings. The molecule has 0 atom stereocenters. The Morgan fingerprint density at radius 2 is 1.26 bits per heavy atom. The van der Waals surface area contributed by atoms with E-state index < -0.39 is 8.32 Å². The van der Waals surface area contributed by atoms with E-state index in [9.17, 15) is 4.79 Å². The molecule has 0 radical (unpaired) electrons. The molecule has 4 aromatic rings. The standard InChI is InChI=1S/C31H31NO2Si/c1-2-3-22-32-23-26-16-10-12-20-29(26)35(28-18-8-5-9-19-28,30-21-13-11-17-27(30)24-32)34-31(33)25-14-6-4-7-15-25/h4-21H,2-3,22-24H2,1H3. The van der Waals surface area contributed by atoms with Crippen LogP contribution in [0.25, 0.3) is 0 Å². The van der Waals surface area contributed by atoms with Crippen molar-refractivity contribution >= 4 is 29.8 Å². The van der Waals surface area contributed by atoms with Crippen LogP contribution in [0.5, 0.6) is 0 Å². The van der Waals surface area contributed by atoms with Crippen LogP contribution in [0.3, 0.4) is 0 Å². The summed E-state index contributed by atoms with van der Waals surface area (Å²) in [6, 6.07) is 36.9. The number of unbranched alkanes of at least 4 members (excludes halogenated alkanes) is 1. The van der Waals surface area contributed by atoms with E-state index in [-0.39, 0.29) is 5.97 Å². The van der Waals surface area contributed by atoms with E-state index in [2.05, 4.69) is 84.6 Å². The summed E-state index contributed by atoms with van der Waals surface area (Å²) in [4.78, 5) is 16.2. The molecule has 35 heavy (non-hydrogen) atoms. The van der Waals surface area contributed by atoms with E-state index in [0.717, 1.165) is 48.0 Å². The SMILES string of the molecule is CCCCN1Cc2ccccc2[Si](OC(=O)c2ccccc2)(c2ccccc2)c2ccccc2C1. The molecule has 4 aromatic carbocycles. The zero-order valence-electron chi connectivity index (χ0n) is 20.2. The lowest BCUT2D eigenvalue weighted by Gasteiger charge is -2.38. The number of fused-ring (bicyclic) bond motifs is 2. The van der Waals surface area contributed by atoms with Crippen LogP contribution in [0.1, 0.15) is 41.3 Å². The normalized spacial score (nSPS) is 14.8. The highest BCUT2D eigenvalue weighted by atomic mass is 28.4. The Balaban J connectivity index is 1.77. The van der Waals surface area contributed by atoms with Gasteiger partial charge in [-0.1, -0.05) is 110 Å². The molecule has 5 rings (SSSR count). The number of hydrogen-bond acceptors (Lipinski definition) is 3. The first-order chi connectivity index (χ1) is 17.2. The average Bonchev–Trinajstić information content (AvgIpc) is 2.91. The molecule has 1 heterocycles. The molecular weight excluding hydrogens is 446 g/mol. The van der Waals surface area contributed by atoms with E-state index in [0.29, 0.717) is 5.56 Å². The Labute approximate surface area is 209 Å². The number of rotatable bonds is 6. The summed E-state index contributed by atoms with van der Waals surface area (Å²) < 4.78 is 6.84. The molecule has 0 unspecified atom stereocenters. The van der Waals surface area contributed by atoms with Crippen molar-refractivity contribution in [2.45, 2.75) is 32.9 Å². The van der Waals surface area contributed by atoms with Crippen LogP contribution >= 0.6 is 0 Å². The third-order valence-electron chi connectivity index (χ3n) is 6.84. The second kappa shape index (κ2) is 10.4. The number of nitrogens with zero attached hydrogens (tertiary/aromatic N) is 1. The smallest absolute Gasteiger partial charge is 0.351 e. The molecule has 0 N–H and O–H groups in total. The van der Waals surface area contributed by atoms with Gasteiger partial charge in [0, 0.05) is 13.1 Å². The largest absolute Gasteiger partial charge is 0.502 e. The summed E-state index contributed by atoms with van der Waals surface area (Å²) in [6.45, 7) is 4.97. The van der Waals surface area contributed by atoms with Gasteiger partial charge in [-0.2, -0.15) is 0 Å². The molecule has 0 bridgehead atoms. The maximum Gasteiger partial charge on any atom is 0.351 e. The van der Waals surface area contributed by atoms with Gasteiger partial charge in [0.1, 0.15) is 0 Å². The van der Waals surface area contributed by atoms with Crippen molar-refractivity contribution < 1.29 is 9.22 Å². The van der Waals surface area contributed by atoms with Gasteiger partial charge in [0.15, 0.2) is 0 Å². The summed E-state index contributed by atoms with van der Waals surface area (Å²) in [5, 5.41) is 3.40. The Hall–Kier alpha value is -3.47. The highest BCUT2D eigenvalue weighted by Gasteiger charge is 2.49. The van der Waals surface area contributed by atoms with E-state index >= 15 is 0 Å². The Morgan fingerprint density at radius 3 is 1.83 bits per heavy atom. The minimum Gasteiger partial charge on any atom is -0.502 e. The van der Waals surface area contributed by atoms with Gasteiger partial charge in [0.25, 0.3) is 0 Å². The Kier molecular flexibility index (Phi) is 6.93. The summed E-state index contributed by atoms with van der Waals surface area (Å²) in [5.41, 5.74) is 3.07.